The van der Waals surface area contributed by atoms with Crippen molar-refractivity contribution >= 4 is 33.3 Å². The Labute approximate surface area is 143 Å². The van der Waals surface area contributed by atoms with Gasteiger partial charge in [-0.3, -0.25) is 4.79 Å². The summed E-state index contributed by atoms with van der Waals surface area (Å²) < 4.78 is 5.23. The number of carbonyl (C=O) groups excluding carboxylic acids is 1. The van der Waals surface area contributed by atoms with Crippen LogP contribution in [0.2, 0.25) is 0 Å². The third-order valence-corrected chi connectivity index (χ3v) is 5.02. The van der Waals surface area contributed by atoms with Gasteiger partial charge >= 0.3 is 0 Å². The Morgan fingerprint density at radius 3 is 3.17 bits per heavy atom. The number of furan rings is 1. The van der Waals surface area contributed by atoms with Gasteiger partial charge in [-0.05, 0) is 43.3 Å². The number of nitrogens with zero attached hydrogens (tertiary/aromatic N) is 3. The Bertz CT molecular complexity index is 859. The molecule has 4 heterocycles. The number of rotatable bonds is 3. The number of thiophene rings is 1. The summed E-state index contributed by atoms with van der Waals surface area (Å²) in [5.74, 6) is 1.96. The lowest BCUT2D eigenvalue weighted by atomic mass is 10.1. The van der Waals surface area contributed by atoms with Crippen molar-refractivity contribution < 1.29 is 9.21 Å². The van der Waals surface area contributed by atoms with E-state index in [1.807, 2.05) is 23.3 Å². The van der Waals surface area contributed by atoms with E-state index in [-0.39, 0.29) is 11.9 Å². The zero-order chi connectivity index (χ0) is 16.5. The molecule has 0 spiro atoms. The summed E-state index contributed by atoms with van der Waals surface area (Å²) in [5, 5.41) is 6.58. The van der Waals surface area contributed by atoms with Crippen molar-refractivity contribution in [2.45, 2.75) is 25.8 Å². The normalized spacial score (nSPS) is 18.0. The van der Waals surface area contributed by atoms with Crippen LogP contribution in [0, 0.1) is 6.92 Å². The SMILES string of the molecule is Cc1nc(N[C@@H]2CCCN(C(=O)c3ccco3)C2)c2ccsc2n1. The van der Waals surface area contributed by atoms with Crippen molar-refractivity contribution in [3.8, 4) is 0 Å². The molecule has 1 saturated heterocycles. The molecule has 1 amide bonds. The zero-order valence-corrected chi connectivity index (χ0v) is 14.2. The van der Waals surface area contributed by atoms with Gasteiger partial charge in [0.05, 0.1) is 11.6 Å². The number of amides is 1. The molecular weight excluding hydrogens is 324 g/mol. The molecule has 1 atom stereocenters. The fraction of sp³-hybridized carbons (Fsp3) is 0.353. The van der Waals surface area contributed by atoms with Crippen molar-refractivity contribution in [1.29, 1.82) is 0 Å². The second-order valence-corrected chi connectivity index (χ2v) is 6.87. The van der Waals surface area contributed by atoms with Crippen molar-refractivity contribution in [1.82, 2.24) is 14.9 Å². The molecule has 0 aromatic carbocycles. The fourth-order valence-corrected chi connectivity index (χ4v) is 3.91. The lowest BCUT2D eigenvalue weighted by Gasteiger charge is -2.33. The highest BCUT2D eigenvalue weighted by molar-refractivity contribution is 7.16. The van der Waals surface area contributed by atoms with Crippen LogP contribution < -0.4 is 5.32 Å². The highest BCUT2D eigenvalue weighted by Crippen LogP contribution is 2.26. The molecule has 0 saturated carbocycles. The van der Waals surface area contributed by atoms with Gasteiger partial charge in [-0.2, -0.15) is 0 Å². The van der Waals surface area contributed by atoms with E-state index in [0.29, 0.717) is 12.3 Å². The number of carbonyl (C=O) groups is 1. The molecule has 3 aromatic heterocycles. The summed E-state index contributed by atoms with van der Waals surface area (Å²) in [6.07, 6.45) is 3.50. The van der Waals surface area contributed by atoms with E-state index in [2.05, 4.69) is 15.3 Å². The van der Waals surface area contributed by atoms with Gasteiger partial charge in [0.1, 0.15) is 16.5 Å². The average molecular weight is 342 g/mol. The molecule has 1 fully saturated rings. The average Bonchev–Trinajstić information content (AvgIpc) is 3.25. The Kier molecular flexibility index (Phi) is 3.93. The number of anilines is 1. The second kappa shape index (κ2) is 6.24. The van der Waals surface area contributed by atoms with Crippen LogP contribution >= 0.6 is 11.3 Å². The first kappa shape index (κ1) is 15.1. The standard InChI is InChI=1S/C17H18N4O2S/c1-11-18-15(13-6-9-24-16(13)19-11)20-12-4-2-7-21(10-12)17(22)14-5-3-8-23-14/h3,5-6,8-9,12H,2,4,7,10H2,1H3,(H,18,19,20)/t12-/m1/s1. The third kappa shape index (κ3) is 2.87. The molecule has 3 aromatic rings. The van der Waals surface area contributed by atoms with Gasteiger partial charge < -0.3 is 14.6 Å². The number of piperidine rings is 1. The lowest BCUT2D eigenvalue weighted by Crippen LogP contribution is -2.45. The van der Waals surface area contributed by atoms with Crippen molar-refractivity contribution in [2.75, 3.05) is 18.4 Å². The van der Waals surface area contributed by atoms with E-state index in [4.69, 9.17) is 4.42 Å². The van der Waals surface area contributed by atoms with Gasteiger partial charge in [-0.15, -0.1) is 11.3 Å². The minimum atomic E-state index is -0.0500. The molecule has 0 unspecified atom stereocenters. The Balaban J connectivity index is 1.52. The molecule has 4 rings (SSSR count). The third-order valence-electron chi connectivity index (χ3n) is 4.22. The molecule has 0 bridgehead atoms. The Hall–Kier alpha value is -2.41. The molecule has 124 valence electrons. The maximum absolute atomic E-state index is 12.5. The van der Waals surface area contributed by atoms with E-state index >= 15 is 0 Å². The first-order valence-corrected chi connectivity index (χ1v) is 8.90. The number of fused-ring (bicyclic) bond motifs is 1. The molecular formula is C17H18N4O2S. The molecule has 6 nitrogen and oxygen atoms in total. The van der Waals surface area contributed by atoms with Crippen LogP contribution in [0.25, 0.3) is 10.2 Å². The van der Waals surface area contributed by atoms with Crippen LogP contribution in [-0.2, 0) is 0 Å². The highest BCUT2D eigenvalue weighted by atomic mass is 32.1. The summed E-state index contributed by atoms with van der Waals surface area (Å²) in [6, 6.07) is 5.66. The molecule has 1 aliphatic heterocycles. The van der Waals surface area contributed by atoms with Crippen LogP contribution in [0.1, 0.15) is 29.2 Å². The predicted molar refractivity (Wildman–Crippen MR) is 93.4 cm³/mol. The van der Waals surface area contributed by atoms with E-state index in [1.165, 1.54) is 6.26 Å². The highest BCUT2D eigenvalue weighted by Gasteiger charge is 2.26. The first-order chi connectivity index (χ1) is 11.7. The first-order valence-electron chi connectivity index (χ1n) is 8.02. The van der Waals surface area contributed by atoms with Crippen LogP contribution in [-0.4, -0.2) is 39.9 Å². The second-order valence-electron chi connectivity index (χ2n) is 5.97. The maximum atomic E-state index is 12.5. The molecule has 0 radical (unpaired) electrons. The van der Waals surface area contributed by atoms with Gasteiger partial charge in [-0.25, -0.2) is 9.97 Å². The molecule has 1 aliphatic rings. The van der Waals surface area contributed by atoms with Gasteiger partial charge in [0.25, 0.3) is 5.91 Å². The van der Waals surface area contributed by atoms with Crippen molar-refractivity contribution in [3.05, 3.63) is 41.4 Å². The van der Waals surface area contributed by atoms with E-state index in [1.54, 1.807) is 23.5 Å². The topological polar surface area (TPSA) is 71.3 Å². The quantitative estimate of drug-likeness (QED) is 0.791. The van der Waals surface area contributed by atoms with Gasteiger partial charge in [0.15, 0.2) is 5.76 Å². The van der Waals surface area contributed by atoms with E-state index in [9.17, 15) is 4.79 Å². The summed E-state index contributed by atoms with van der Waals surface area (Å²) in [5.41, 5.74) is 0. The van der Waals surface area contributed by atoms with Gasteiger partial charge in [-0.1, -0.05) is 0 Å². The summed E-state index contributed by atoms with van der Waals surface area (Å²) in [7, 11) is 0. The van der Waals surface area contributed by atoms with Gasteiger partial charge in [0, 0.05) is 19.1 Å². The number of aryl methyl sites for hydroxylation is 1. The minimum Gasteiger partial charge on any atom is -0.459 e. The zero-order valence-electron chi connectivity index (χ0n) is 13.4. The number of hydrogen-bond donors (Lipinski definition) is 1. The summed E-state index contributed by atoms with van der Waals surface area (Å²) in [4.78, 5) is 24.3. The number of likely N-dealkylation sites (tertiary alicyclic amines) is 1. The van der Waals surface area contributed by atoms with Crippen LogP contribution in [0.5, 0.6) is 0 Å². The van der Waals surface area contributed by atoms with Crippen LogP contribution in [0.15, 0.2) is 34.3 Å². The number of hydrogen-bond acceptors (Lipinski definition) is 6. The molecule has 7 heteroatoms. The summed E-state index contributed by atoms with van der Waals surface area (Å²) in [6.45, 7) is 3.31. The Morgan fingerprint density at radius 1 is 1.42 bits per heavy atom. The number of nitrogens with one attached hydrogen (secondary N) is 1. The number of aromatic nitrogens is 2. The van der Waals surface area contributed by atoms with Crippen LogP contribution in [0.4, 0.5) is 5.82 Å². The lowest BCUT2D eigenvalue weighted by molar-refractivity contribution is 0.0682. The monoisotopic (exact) mass is 342 g/mol. The van der Waals surface area contributed by atoms with Crippen molar-refractivity contribution in [3.63, 3.8) is 0 Å². The Morgan fingerprint density at radius 2 is 2.33 bits per heavy atom. The maximum Gasteiger partial charge on any atom is 0.289 e. The largest absolute Gasteiger partial charge is 0.459 e. The van der Waals surface area contributed by atoms with Crippen molar-refractivity contribution in [2.24, 2.45) is 0 Å². The van der Waals surface area contributed by atoms with Crippen LogP contribution in [0.3, 0.4) is 0 Å². The molecule has 1 N–H and O–H groups in total. The molecule has 0 aliphatic carbocycles. The summed E-state index contributed by atoms with van der Waals surface area (Å²) >= 11 is 1.61. The van der Waals surface area contributed by atoms with E-state index in [0.717, 1.165) is 41.2 Å². The predicted octanol–water partition coefficient (Wildman–Crippen LogP) is 3.31. The smallest absolute Gasteiger partial charge is 0.289 e. The van der Waals surface area contributed by atoms with E-state index < -0.39 is 0 Å². The minimum absolute atomic E-state index is 0.0500. The molecule has 24 heavy (non-hydrogen) atoms. The van der Waals surface area contributed by atoms with Gasteiger partial charge in [0.2, 0.25) is 0 Å². The fourth-order valence-electron chi connectivity index (χ4n) is 3.10.